The van der Waals surface area contributed by atoms with Crippen molar-refractivity contribution in [2.24, 2.45) is 0 Å². The molecule has 8 nitrogen and oxygen atoms in total. The smallest absolute Gasteiger partial charge is 0.407 e. The van der Waals surface area contributed by atoms with Gasteiger partial charge in [0.2, 0.25) is 0 Å². The molecule has 1 aliphatic carbocycles. The Labute approximate surface area is 190 Å². The van der Waals surface area contributed by atoms with Gasteiger partial charge in [0.1, 0.15) is 12.7 Å². The van der Waals surface area contributed by atoms with Crippen LogP contribution in [0.15, 0.2) is 66.9 Å². The van der Waals surface area contributed by atoms with Gasteiger partial charge in [0.15, 0.2) is 5.69 Å². The number of ether oxygens (including phenoxy) is 1. The van der Waals surface area contributed by atoms with E-state index in [4.69, 9.17) is 4.74 Å². The fraction of sp³-hybridized carbons (Fsp3) is 0.240. The molecule has 2 atom stereocenters. The molecule has 2 aromatic carbocycles. The third-order valence-electron chi connectivity index (χ3n) is 5.78. The van der Waals surface area contributed by atoms with Crippen LogP contribution in [-0.2, 0) is 4.74 Å². The highest BCUT2D eigenvalue weighted by Gasteiger charge is 2.29. The second kappa shape index (κ2) is 9.81. The number of amides is 1. The Morgan fingerprint density at radius 3 is 2.24 bits per heavy atom. The predicted octanol–water partition coefficient (Wildman–Crippen LogP) is 3.10. The molecular weight excluding hydrogens is 424 g/mol. The van der Waals surface area contributed by atoms with Crippen molar-refractivity contribution in [2.75, 3.05) is 13.2 Å². The number of hydrogen-bond donors (Lipinski definition) is 4. The fourth-order valence-electron chi connectivity index (χ4n) is 4.17. The molecular formula is C25H24N2O6. The van der Waals surface area contributed by atoms with Gasteiger partial charge in [-0.3, -0.25) is 0 Å². The molecule has 0 saturated carbocycles. The van der Waals surface area contributed by atoms with Crippen LogP contribution >= 0.6 is 0 Å². The molecule has 0 aliphatic heterocycles. The Hall–Kier alpha value is -3.75. The summed E-state index contributed by atoms with van der Waals surface area (Å²) in [5.41, 5.74) is 4.17. The Morgan fingerprint density at radius 1 is 0.970 bits per heavy atom. The molecule has 0 radical (unpaired) electrons. The molecule has 4 rings (SSSR count). The summed E-state index contributed by atoms with van der Waals surface area (Å²) >= 11 is 0. The topological polar surface area (TPSA) is 129 Å². The van der Waals surface area contributed by atoms with Gasteiger partial charge >= 0.3 is 12.1 Å². The molecule has 2 unspecified atom stereocenters. The zero-order valence-electron chi connectivity index (χ0n) is 17.7. The van der Waals surface area contributed by atoms with Crippen LogP contribution in [0.1, 0.15) is 45.6 Å². The second-order valence-corrected chi connectivity index (χ2v) is 7.80. The quantitative estimate of drug-likeness (QED) is 0.417. The molecule has 170 valence electrons. The van der Waals surface area contributed by atoms with E-state index in [2.05, 4.69) is 22.4 Å². The molecule has 0 fully saturated rings. The number of rotatable bonds is 8. The lowest BCUT2D eigenvalue weighted by Gasteiger charge is -2.19. The highest BCUT2D eigenvalue weighted by Crippen LogP contribution is 2.44. The fourth-order valence-corrected chi connectivity index (χ4v) is 4.17. The third kappa shape index (κ3) is 4.72. The summed E-state index contributed by atoms with van der Waals surface area (Å²) in [5.74, 6) is -1.36. The second-order valence-electron chi connectivity index (χ2n) is 7.80. The number of nitrogens with one attached hydrogen (secondary N) is 1. The van der Waals surface area contributed by atoms with E-state index in [0.29, 0.717) is 0 Å². The van der Waals surface area contributed by atoms with E-state index in [1.54, 1.807) is 0 Å². The average Bonchev–Trinajstić information content (AvgIpc) is 3.16. The maximum Gasteiger partial charge on any atom is 0.407 e. The van der Waals surface area contributed by atoms with Gasteiger partial charge in [-0.05, 0) is 34.7 Å². The molecule has 0 spiro atoms. The number of carboxylic acid groups (broad SMARTS) is 1. The van der Waals surface area contributed by atoms with Crippen molar-refractivity contribution in [3.8, 4) is 11.1 Å². The normalized spacial score (nSPS) is 14.1. The number of carboxylic acids is 1. The lowest BCUT2D eigenvalue weighted by atomic mass is 9.98. The SMILES string of the molecule is O=C(NCCC(O)C(O)c1cccnc1C(=O)O)OCC1c2ccccc2-c2ccccc21. The molecule has 0 saturated heterocycles. The van der Waals surface area contributed by atoms with E-state index in [1.807, 2.05) is 36.4 Å². The number of alkyl carbamates (subject to hydrolysis) is 1. The number of fused-ring (bicyclic) bond motifs is 3. The summed E-state index contributed by atoms with van der Waals surface area (Å²) in [5, 5.41) is 32.3. The molecule has 3 aromatic rings. The number of pyridine rings is 1. The Balaban J connectivity index is 1.30. The summed E-state index contributed by atoms with van der Waals surface area (Å²) in [6.07, 6.45) is -2.08. The molecule has 33 heavy (non-hydrogen) atoms. The molecule has 1 aliphatic rings. The van der Waals surface area contributed by atoms with E-state index < -0.39 is 24.3 Å². The first kappa shape index (κ1) is 22.4. The van der Waals surface area contributed by atoms with Crippen molar-refractivity contribution < 1.29 is 29.6 Å². The molecule has 1 aromatic heterocycles. The summed E-state index contributed by atoms with van der Waals surface area (Å²) in [6.45, 7) is 0.209. The van der Waals surface area contributed by atoms with Crippen molar-refractivity contribution in [3.63, 3.8) is 0 Å². The van der Waals surface area contributed by atoms with Crippen LogP contribution < -0.4 is 5.32 Å². The first-order valence-electron chi connectivity index (χ1n) is 10.6. The maximum atomic E-state index is 12.2. The van der Waals surface area contributed by atoms with E-state index in [-0.39, 0.29) is 36.7 Å². The van der Waals surface area contributed by atoms with Gasteiger partial charge in [0.25, 0.3) is 0 Å². The minimum atomic E-state index is -1.45. The van der Waals surface area contributed by atoms with Gasteiger partial charge < -0.3 is 25.4 Å². The summed E-state index contributed by atoms with van der Waals surface area (Å²) < 4.78 is 5.44. The number of aromatic carboxylic acids is 1. The number of carbonyl (C=O) groups is 2. The third-order valence-corrected chi connectivity index (χ3v) is 5.78. The lowest BCUT2D eigenvalue weighted by Crippen LogP contribution is -2.31. The van der Waals surface area contributed by atoms with E-state index in [9.17, 15) is 24.9 Å². The van der Waals surface area contributed by atoms with Crippen LogP contribution in [0.4, 0.5) is 4.79 Å². The zero-order valence-corrected chi connectivity index (χ0v) is 17.7. The number of aliphatic hydroxyl groups excluding tert-OH is 2. The van der Waals surface area contributed by atoms with Crippen molar-refractivity contribution in [2.45, 2.75) is 24.5 Å². The van der Waals surface area contributed by atoms with Crippen LogP contribution in [0.3, 0.4) is 0 Å². The molecule has 8 heteroatoms. The number of aliphatic hydroxyl groups is 2. The van der Waals surface area contributed by atoms with E-state index >= 15 is 0 Å². The molecule has 1 heterocycles. The number of carbonyl (C=O) groups excluding carboxylic acids is 1. The minimum Gasteiger partial charge on any atom is -0.477 e. The van der Waals surface area contributed by atoms with Crippen molar-refractivity contribution in [3.05, 3.63) is 89.2 Å². The average molecular weight is 448 g/mol. The van der Waals surface area contributed by atoms with Crippen LogP contribution in [-0.4, -0.2) is 51.6 Å². The van der Waals surface area contributed by atoms with Gasteiger partial charge in [-0.2, -0.15) is 0 Å². The highest BCUT2D eigenvalue weighted by molar-refractivity contribution is 5.87. The zero-order chi connectivity index (χ0) is 23.4. The molecule has 1 amide bonds. The van der Waals surface area contributed by atoms with Crippen molar-refractivity contribution >= 4 is 12.1 Å². The standard InChI is InChI=1S/C25H24N2O6/c28-21(23(29)19-10-5-12-26-22(19)24(30)31)11-13-27-25(32)33-14-20-17-8-3-1-6-15(17)16-7-2-4-9-18(16)20/h1-10,12,20-21,23,28-29H,11,13-14H2,(H,27,32)(H,30,31). The molecule has 0 bridgehead atoms. The van der Waals surface area contributed by atoms with Crippen LogP contribution in [0.25, 0.3) is 11.1 Å². The minimum absolute atomic E-state index is 0.000679. The Morgan fingerprint density at radius 2 is 1.61 bits per heavy atom. The van der Waals surface area contributed by atoms with Crippen LogP contribution in [0, 0.1) is 0 Å². The van der Waals surface area contributed by atoms with E-state index in [1.165, 1.54) is 18.3 Å². The van der Waals surface area contributed by atoms with Gasteiger partial charge in [0.05, 0.1) is 6.10 Å². The van der Waals surface area contributed by atoms with Crippen molar-refractivity contribution in [1.29, 1.82) is 0 Å². The lowest BCUT2D eigenvalue weighted by molar-refractivity contribution is 0.0125. The number of aromatic nitrogens is 1. The van der Waals surface area contributed by atoms with Crippen LogP contribution in [0.5, 0.6) is 0 Å². The van der Waals surface area contributed by atoms with Gasteiger partial charge in [-0.15, -0.1) is 0 Å². The van der Waals surface area contributed by atoms with Gasteiger partial charge in [-0.25, -0.2) is 14.6 Å². The Bertz CT molecular complexity index is 1120. The van der Waals surface area contributed by atoms with Crippen LogP contribution in [0.2, 0.25) is 0 Å². The Kier molecular flexibility index (Phi) is 6.67. The van der Waals surface area contributed by atoms with Gasteiger partial charge in [-0.1, -0.05) is 54.6 Å². The monoisotopic (exact) mass is 448 g/mol. The first-order chi connectivity index (χ1) is 16.0. The van der Waals surface area contributed by atoms with E-state index in [0.717, 1.165) is 22.3 Å². The summed E-state index contributed by atoms with van der Waals surface area (Å²) in [6, 6.07) is 18.9. The first-order valence-corrected chi connectivity index (χ1v) is 10.6. The molecule has 4 N–H and O–H groups in total. The largest absolute Gasteiger partial charge is 0.477 e. The highest BCUT2D eigenvalue weighted by atomic mass is 16.5. The number of hydrogen-bond acceptors (Lipinski definition) is 6. The maximum absolute atomic E-state index is 12.2. The number of benzene rings is 2. The summed E-state index contributed by atoms with van der Waals surface area (Å²) in [4.78, 5) is 27.2. The van der Waals surface area contributed by atoms with Gasteiger partial charge in [0, 0.05) is 24.2 Å². The predicted molar refractivity (Wildman–Crippen MR) is 120 cm³/mol. The summed E-state index contributed by atoms with van der Waals surface area (Å²) in [7, 11) is 0. The number of nitrogens with zero attached hydrogens (tertiary/aromatic N) is 1. The van der Waals surface area contributed by atoms with Crippen molar-refractivity contribution in [1.82, 2.24) is 10.3 Å².